The van der Waals surface area contributed by atoms with Gasteiger partial charge in [0.2, 0.25) is 0 Å². The van der Waals surface area contributed by atoms with Gasteiger partial charge in [-0.15, -0.1) is 0 Å². The number of fused-ring (bicyclic) bond motifs is 1. The molecule has 0 fully saturated rings. The number of nitrogens with zero attached hydrogens (tertiary/aromatic N) is 1. The van der Waals surface area contributed by atoms with Crippen molar-refractivity contribution in [3.05, 3.63) is 65.2 Å². The molecule has 2 aromatic carbocycles. The highest BCUT2D eigenvalue weighted by molar-refractivity contribution is 5.57. The van der Waals surface area contributed by atoms with Crippen LogP contribution in [0.1, 0.15) is 23.6 Å². The highest BCUT2D eigenvalue weighted by Gasteiger charge is 2.20. The van der Waals surface area contributed by atoms with Crippen molar-refractivity contribution in [1.82, 2.24) is 0 Å². The predicted octanol–water partition coefficient (Wildman–Crippen LogP) is 3.42. The zero-order chi connectivity index (χ0) is 14.8. The summed E-state index contributed by atoms with van der Waals surface area (Å²) in [5, 5.41) is 0. The number of rotatable bonds is 4. The third kappa shape index (κ3) is 2.76. The van der Waals surface area contributed by atoms with Crippen molar-refractivity contribution >= 4 is 5.69 Å². The summed E-state index contributed by atoms with van der Waals surface area (Å²) in [5.74, 6) is -1.67. The van der Waals surface area contributed by atoms with Gasteiger partial charge in [-0.1, -0.05) is 30.3 Å². The lowest BCUT2D eigenvalue weighted by Crippen LogP contribution is -2.26. The van der Waals surface area contributed by atoms with E-state index in [4.69, 9.17) is 5.73 Å². The molecule has 21 heavy (non-hydrogen) atoms. The Morgan fingerprint density at radius 1 is 1.10 bits per heavy atom. The third-order valence-electron chi connectivity index (χ3n) is 4.07. The van der Waals surface area contributed by atoms with Crippen molar-refractivity contribution < 1.29 is 8.78 Å². The second-order valence-electron chi connectivity index (χ2n) is 5.40. The van der Waals surface area contributed by atoms with Crippen molar-refractivity contribution in [3.8, 4) is 0 Å². The molecule has 0 saturated carbocycles. The maximum Gasteiger partial charge on any atom is 0.163 e. The normalized spacial score (nSPS) is 15.1. The Hall–Kier alpha value is -1.94. The Labute approximate surface area is 123 Å². The molecule has 1 aliphatic rings. The highest BCUT2D eigenvalue weighted by Crippen LogP contribution is 2.28. The van der Waals surface area contributed by atoms with Crippen LogP contribution in [0.3, 0.4) is 0 Å². The summed E-state index contributed by atoms with van der Waals surface area (Å²) in [6.07, 6.45) is 1.62. The number of anilines is 1. The van der Waals surface area contributed by atoms with E-state index in [9.17, 15) is 8.78 Å². The quantitative estimate of drug-likeness (QED) is 0.934. The van der Waals surface area contributed by atoms with Crippen LogP contribution in [-0.2, 0) is 6.42 Å². The molecule has 2 N–H and O–H groups in total. The van der Waals surface area contributed by atoms with Gasteiger partial charge in [0.1, 0.15) is 0 Å². The molecule has 2 aromatic rings. The van der Waals surface area contributed by atoms with Gasteiger partial charge in [0, 0.05) is 30.4 Å². The average molecular weight is 288 g/mol. The summed E-state index contributed by atoms with van der Waals surface area (Å²) in [4.78, 5) is 2.26. The van der Waals surface area contributed by atoms with Gasteiger partial charge in [0.05, 0.1) is 0 Å². The summed E-state index contributed by atoms with van der Waals surface area (Å²) in [6, 6.07) is 12.0. The molecule has 1 unspecified atom stereocenters. The molecule has 0 saturated heterocycles. The third-order valence-corrected chi connectivity index (χ3v) is 4.07. The van der Waals surface area contributed by atoms with Gasteiger partial charge in [-0.25, -0.2) is 8.78 Å². The molecule has 0 radical (unpaired) electrons. The lowest BCUT2D eigenvalue weighted by atomic mass is 10.0. The van der Waals surface area contributed by atoms with Crippen LogP contribution in [0, 0.1) is 11.6 Å². The van der Waals surface area contributed by atoms with Crippen molar-refractivity contribution in [3.63, 3.8) is 0 Å². The Morgan fingerprint density at radius 2 is 1.90 bits per heavy atom. The largest absolute Gasteiger partial charge is 0.371 e. The molecule has 0 spiro atoms. The second kappa shape index (κ2) is 5.82. The predicted molar refractivity (Wildman–Crippen MR) is 80.3 cm³/mol. The van der Waals surface area contributed by atoms with E-state index in [2.05, 4.69) is 17.0 Å². The number of para-hydroxylation sites is 1. The molecule has 3 rings (SSSR count). The van der Waals surface area contributed by atoms with Gasteiger partial charge < -0.3 is 10.6 Å². The first-order valence-corrected chi connectivity index (χ1v) is 7.19. The van der Waals surface area contributed by atoms with E-state index in [0.717, 1.165) is 25.6 Å². The van der Waals surface area contributed by atoms with E-state index in [1.54, 1.807) is 6.07 Å². The number of hydrogen-bond donors (Lipinski definition) is 1. The highest BCUT2D eigenvalue weighted by atomic mass is 19.2. The first kappa shape index (κ1) is 14.0. The van der Waals surface area contributed by atoms with Crippen molar-refractivity contribution in [2.45, 2.75) is 18.9 Å². The van der Waals surface area contributed by atoms with E-state index >= 15 is 0 Å². The molecule has 0 aromatic heterocycles. The monoisotopic (exact) mass is 288 g/mol. The first-order chi connectivity index (χ1) is 10.2. The van der Waals surface area contributed by atoms with Crippen molar-refractivity contribution in [2.75, 3.05) is 18.0 Å². The van der Waals surface area contributed by atoms with Gasteiger partial charge in [-0.05, 0) is 30.5 Å². The van der Waals surface area contributed by atoms with Gasteiger partial charge in [0.15, 0.2) is 11.6 Å². The first-order valence-electron chi connectivity index (χ1n) is 7.19. The fraction of sp³-hybridized carbons (Fsp3) is 0.294. The van der Waals surface area contributed by atoms with Gasteiger partial charge in [-0.2, -0.15) is 0 Å². The fourth-order valence-corrected chi connectivity index (χ4v) is 2.90. The topological polar surface area (TPSA) is 29.3 Å². The summed E-state index contributed by atoms with van der Waals surface area (Å²) in [7, 11) is 0. The minimum Gasteiger partial charge on any atom is -0.371 e. The van der Waals surface area contributed by atoms with Crippen LogP contribution in [0.25, 0.3) is 0 Å². The maximum absolute atomic E-state index is 13.7. The van der Waals surface area contributed by atoms with E-state index in [0.29, 0.717) is 6.42 Å². The summed E-state index contributed by atoms with van der Waals surface area (Å²) in [5.41, 5.74) is 8.84. The van der Waals surface area contributed by atoms with E-state index in [1.165, 1.54) is 17.3 Å². The van der Waals surface area contributed by atoms with Crippen LogP contribution < -0.4 is 10.6 Å². The number of hydrogen-bond acceptors (Lipinski definition) is 2. The second-order valence-corrected chi connectivity index (χ2v) is 5.40. The summed E-state index contributed by atoms with van der Waals surface area (Å²) >= 11 is 0. The molecule has 2 nitrogen and oxygen atoms in total. The smallest absolute Gasteiger partial charge is 0.163 e. The van der Waals surface area contributed by atoms with E-state index in [-0.39, 0.29) is 5.56 Å². The average Bonchev–Trinajstić information content (AvgIpc) is 2.91. The zero-order valence-corrected chi connectivity index (χ0v) is 11.7. The molecular weight excluding hydrogens is 270 g/mol. The zero-order valence-electron chi connectivity index (χ0n) is 11.7. The molecule has 0 amide bonds. The fourth-order valence-electron chi connectivity index (χ4n) is 2.90. The van der Waals surface area contributed by atoms with Crippen LogP contribution in [0.15, 0.2) is 42.5 Å². The van der Waals surface area contributed by atoms with E-state index in [1.807, 2.05) is 12.1 Å². The van der Waals surface area contributed by atoms with E-state index < -0.39 is 17.7 Å². The van der Waals surface area contributed by atoms with Crippen molar-refractivity contribution in [2.24, 2.45) is 5.73 Å². The molecule has 1 aliphatic heterocycles. The molecule has 0 bridgehead atoms. The molecule has 0 aliphatic carbocycles. The lowest BCUT2D eigenvalue weighted by Gasteiger charge is -2.22. The Balaban J connectivity index is 1.67. The Morgan fingerprint density at radius 3 is 2.76 bits per heavy atom. The summed E-state index contributed by atoms with van der Waals surface area (Å²) < 4.78 is 27.0. The van der Waals surface area contributed by atoms with Gasteiger partial charge >= 0.3 is 0 Å². The molecular formula is C17H18F2N2. The van der Waals surface area contributed by atoms with Gasteiger partial charge in [0.25, 0.3) is 0 Å². The van der Waals surface area contributed by atoms with Gasteiger partial charge in [-0.3, -0.25) is 0 Å². The Bertz CT molecular complexity index is 642. The van der Waals surface area contributed by atoms with Crippen LogP contribution >= 0.6 is 0 Å². The maximum atomic E-state index is 13.7. The number of benzene rings is 2. The summed E-state index contributed by atoms with van der Waals surface area (Å²) in [6.45, 7) is 1.70. The number of halogens is 2. The minimum absolute atomic E-state index is 0.252. The SMILES string of the molecule is NC(CCN1CCc2ccccc21)c1cccc(F)c1F. The van der Waals surface area contributed by atoms with Crippen LogP contribution in [0.4, 0.5) is 14.5 Å². The molecule has 1 heterocycles. The number of nitrogens with two attached hydrogens (primary N) is 1. The van der Waals surface area contributed by atoms with Crippen molar-refractivity contribution in [1.29, 1.82) is 0 Å². The standard InChI is InChI=1S/C17H18F2N2/c18-14-6-3-5-13(17(14)19)15(20)9-11-21-10-8-12-4-1-2-7-16(12)21/h1-7,15H,8-11,20H2. The van der Waals surface area contributed by atoms with Crippen LogP contribution in [0.2, 0.25) is 0 Å². The molecule has 4 heteroatoms. The molecule has 110 valence electrons. The van der Waals surface area contributed by atoms with Crippen LogP contribution in [0.5, 0.6) is 0 Å². The Kier molecular flexibility index (Phi) is 3.88. The van der Waals surface area contributed by atoms with Crippen LogP contribution in [-0.4, -0.2) is 13.1 Å². The lowest BCUT2D eigenvalue weighted by molar-refractivity contribution is 0.483. The molecule has 1 atom stereocenters. The minimum atomic E-state index is -0.838.